The van der Waals surface area contributed by atoms with Crippen LogP contribution in [0.1, 0.15) is 55.8 Å². The summed E-state index contributed by atoms with van der Waals surface area (Å²) in [5.74, 6) is 1.96. The Morgan fingerprint density at radius 3 is 2.36 bits per heavy atom. The van der Waals surface area contributed by atoms with Gasteiger partial charge in [0.15, 0.2) is 6.61 Å². The molecule has 150 valence electrons. The Kier molecular flexibility index (Phi) is 6.96. The topological polar surface area (TPSA) is 47.6 Å². The van der Waals surface area contributed by atoms with Crippen LogP contribution in [0.25, 0.3) is 0 Å². The van der Waals surface area contributed by atoms with Gasteiger partial charge >= 0.3 is 0 Å². The van der Waals surface area contributed by atoms with Crippen molar-refractivity contribution in [2.75, 3.05) is 13.7 Å². The van der Waals surface area contributed by atoms with E-state index in [2.05, 4.69) is 31.3 Å². The molecule has 2 aromatic carbocycles. The number of aryl methyl sites for hydroxylation is 2. The number of carbonyl (C=O) groups excluding carboxylic acids is 1. The number of hydrogen-bond donors (Lipinski definition) is 1. The molecule has 0 heterocycles. The number of benzene rings is 2. The zero-order valence-corrected chi connectivity index (χ0v) is 17.2. The molecule has 4 heteroatoms. The van der Waals surface area contributed by atoms with E-state index in [1.54, 1.807) is 7.11 Å². The maximum Gasteiger partial charge on any atom is 0.258 e. The van der Waals surface area contributed by atoms with Crippen molar-refractivity contribution >= 4 is 5.91 Å². The fourth-order valence-electron chi connectivity index (χ4n) is 3.77. The van der Waals surface area contributed by atoms with E-state index in [1.807, 2.05) is 30.3 Å². The largest absolute Gasteiger partial charge is 0.497 e. The quantitative estimate of drug-likeness (QED) is 0.711. The molecule has 4 nitrogen and oxygen atoms in total. The number of hydrogen-bond acceptors (Lipinski definition) is 3. The van der Waals surface area contributed by atoms with Gasteiger partial charge in [0.05, 0.1) is 13.2 Å². The third-order valence-electron chi connectivity index (χ3n) is 5.25. The molecule has 0 saturated carbocycles. The lowest BCUT2D eigenvalue weighted by Crippen LogP contribution is -2.33. The molecule has 1 atom stereocenters. The number of methoxy groups -OCH3 is 1. The maximum absolute atomic E-state index is 12.5. The first-order valence-corrected chi connectivity index (χ1v) is 10.2. The normalized spacial score (nSPS) is 14.3. The minimum atomic E-state index is -0.0980. The molecule has 28 heavy (non-hydrogen) atoms. The van der Waals surface area contributed by atoms with Gasteiger partial charge < -0.3 is 14.8 Å². The Bertz CT molecular complexity index is 783. The molecule has 1 unspecified atom stereocenters. The molecule has 1 aliphatic rings. The van der Waals surface area contributed by atoms with Crippen molar-refractivity contribution in [2.24, 2.45) is 5.92 Å². The molecule has 0 fully saturated rings. The van der Waals surface area contributed by atoms with Crippen LogP contribution in [0.15, 0.2) is 42.5 Å². The molecule has 0 radical (unpaired) electrons. The number of rotatable bonds is 8. The third-order valence-corrected chi connectivity index (χ3v) is 5.25. The highest BCUT2D eigenvalue weighted by Gasteiger charge is 2.17. The molecule has 1 amide bonds. The second-order valence-corrected chi connectivity index (χ2v) is 7.95. The predicted octanol–water partition coefficient (Wildman–Crippen LogP) is 4.86. The van der Waals surface area contributed by atoms with E-state index in [4.69, 9.17) is 9.47 Å². The van der Waals surface area contributed by atoms with Crippen molar-refractivity contribution in [1.29, 1.82) is 0 Å². The molecule has 1 N–H and O–H groups in total. The van der Waals surface area contributed by atoms with Crippen molar-refractivity contribution < 1.29 is 14.3 Å². The SMILES string of the molecule is COc1ccc(C(CC(C)C)NC(=O)COc2ccc3c(c2)CCCC3)cc1. The van der Waals surface area contributed by atoms with Gasteiger partial charge in [0.25, 0.3) is 5.91 Å². The fourth-order valence-corrected chi connectivity index (χ4v) is 3.77. The van der Waals surface area contributed by atoms with Gasteiger partial charge in [0.1, 0.15) is 11.5 Å². The average Bonchev–Trinajstić information content (AvgIpc) is 2.71. The molecule has 0 aromatic heterocycles. The Hall–Kier alpha value is -2.49. The average molecular weight is 382 g/mol. The highest BCUT2D eigenvalue weighted by atomic mass is 16.5. The maximum atomic E-state index is 12.5. The van der Waals surface area contributed by atoms with Gasteiger partial charge in [-0.05, 0) is 79.0 Å². The lowest BCUT2D eigenvalue weighted by atomic mass is 9.92. The van der Waals surface area contributed by atoms with Crippen LogP contribution >= 0.6 is 0 Å². The summed E-state index contributed by atoms with van der Waals surface area (Å²) in [7, 11) is 1.65. The smallest absolute Gasteiger partial charge is 0.258 e. The molecular weight excluding hydrogens is 350 g/mol. The van der Waals surface area contributed by atoms with Crippen molar-refractivity contribution in [3.05, 3.63) is 59.2 Å². The van der Waals surface area contributed by atoms with E-state index >= 15 is 0 Å². The van der Waals surface area contributed by atoms with Crippen LogP contribution in [-0.4, -0.2) is 19.6 Å². The van der Waals surface area contributed by atoms with Crippen LogP contribution in [0.3, 0.4) is 0 Å². The minimum absolute atomic E-state index is 0.0313. The highest BCUT2D eigenvalue weighted by molar-refractivity contribution is 5.78. The van der Waals surface area contributed by atoms with Crippen LogP contribution in [0.5, 0.6) is 11.5 Å². The molecule has 0 bridgehead atoms. The predicted molar refractivity (Wildman–Crippen MR) is 112 cm³/mol. The van der Waals surface area contributed by atoms with E-state index < -0.39 is 0 Å². The van der Waals surface area contributed by atoms with Gasteiger partial charge in [0, 0.05) is 0 Å². The van der Waals surface area contributed by atoms with E-state index in [1.165, 1.54) is 24.0 Å². The second kappa shape index (κ2) is 9.63. The molecule has 2 aromatic rings. The zero-order chi connectivity index (χ0) is 19.9. The van der Waals surface area contributed by atoms with Gasteiger partial charge in [-0.15, -0.1) is 0 Å². The van der Waals surface area contributed by atoms with Gasteiger partial charge in [-0.1, -0.05) is 32.0 Å². The standard InChI is InChI=1S/C24H31NO3/c1-17(2)14-23(19-9-11-21(27-3)12-10-19)25-24(26)16-28-22-13-8-18-6-4-5-7-20(18)15-22/h8-13,15,17,23H,4-7,14,16H2,1-3H3,(H,25,26). The summed E-state index contributed by atoms with van der Waals surface area (Å²) >= 11 is 0. The lowest BCUT2D eigenvalue weighted by Gasteiger charge is -2.22. The van der Waals surface area contributed by atoms with Crippen LogP contribution in [0.2, 0.25) is 0 Å². The van der Waals surface area contributed by atoms with Crippen LogP contribution < -0.4 is 14.8 Å². The number of fused-ring (bicyclic) bond motifs is 1. The second-order valence-electron chi connectivity index (χ2n) is 7.95. The number of nitrogens with one attached hydrogen (secondary N) is 1. The van der Waals surface area contributed by atoms with Crippen molar-refractivity contribution in [1.82, 2.24) is 5.32 Å². The van der Waals surface area contributed by atoms with E-state index in [9.17, 15) is 4.79 Å². The Morgan fingerprint density at radius 2 is 1.68 bits per heavy atom. The molecule has 1 aliphatic carbocycles. The van der Waals surface area contributed by atoms with E-state index in [-0.39, 0.29) is 18.6 Å². The van der Waals surface area contributed by atoms with Crippen LogP contribution in [0, 0.1) is 5.92 Å². The van der Waals surface area contributed by atoms with Crippen LogP contribution in [0.4, 0.5) is 0 Å². The summed E-state index contributed by atoms with van der Waals surface area (Å²) < 4.78 is 11.0. The first kappa shape index (κ1) is 20.2. The molecule has 3 rings (SSSR count). The summed E-state index contributed by atoms with van der Waals surface area (Å²) in [5.41, 5.74) is 3.86. The summed E-state index contributed by atoms with van der Waals surface area (Å²) in [6.07, 6.45) is 5.62. The van der Waals surface area contributed by atoms with Crippen LogP contribution in [-0.2, 0) is 17.6 Å². The summed E-state index contributed by atoms with van der Waals surface area (Å²) in [5, 5.41) is 3.13. The van der Waals surface area contributed by atoms with Gasteiger partial charge in [-0.25, -0.2) is 0 Å². The Balaban J connectivity index is 1.60. The first-order valence-electron chi connectivity index (χ1n) is 10.2. The Labute approximate surface area is 168 Å². The monoisotopic (exact) mass is 381 g/mol. The first-order chi connectivity index (χ1) is 13.5. The summed E-state index contributed by atoms with van der Waals surface area (Å²) in [6, 6.07) is 14.1. The highest BCUT2D eigenvalue weighted by Crippen LogP contribution is 2.26. The summed E-state index contributed by atoms with van der Waals surface area (Å²) in [4.78, 5) is 12.5. The third kappa shape index (κ3) is 5.51. The lowest BCUT2D eigenvalue weighted by molar-refractivity contribution is -0.124. The number of carbonyl (C=O) groups is 1. The van der Waals surface area contributed by atoms with Crippen molar-refractivity contribution in [3.63, 3.8) is 0 Å². The van der Waals surface area contributed by atoms with Crippen molar-refractivity contribution in [3.8, 4) is 11.5 Å². The number of amides is 1. The van der Waals surface area contributed by atoms with Gasteiger partial charge in [0.2, 0.25) is 0 Å². The Morgan fingerprint density at radius 1 is 1.00 bits per heavy atom. The molecule has 0 saturated heterocycles. The summed E-state index contributed by atoms with van der Waals surface area (Å²) in [6.45, 7) is 4.35. The van der Waals surface area contributed by atoms with E-state index in [0.29, 0.717) is 5.92 Å². The van der Waals surface area contributed by atoms with Crippen molar-refractivity contribution in [2.45, 2.75) is 52.0 Å². The van der Waals surface area contributed by atoms with E-state index in [0.717, 1.165) is 36.3 Å². The fraction of sp³-hybridized carbons (Fsp3) is 0.458. The minimum Gasteiger partial charge on any atom is -0.497 e. The zero-order valence-electron chi connectivity index (χ0n) is 17.2. The molecule has 0 spiro atoms. The molecular formula is C24H31NO3. The molecule has 0 aliphatic heterocycles. The number of ether oxygens (including phenoxy) is 2. The van der Waals surface area contributed by atoms with Gasteiger partial charge in [-0.3, -0.25) is 4.79 Å². The van der Waals surface area contributed by atoms with Gasteiger partial charge in [-0.2, -0.15) is 0 Å².